The molecule has 0 aliphatic heterocycles. The number of fused-ring (bicyclic) bond motifs is 1. The van der Waals surface area contributed by atoms with Gasteiger partial charge in [0.15, 0.2) is 0 Å². The molecule has 0 bridgehead atoms. The van der Waals surface area contributed by atoms with E-state index >= 15 is 0 Å². The summed E-state index contributed by atoms with van der Waals surface area (Å²) in [5, 5.41) is 10.6. The van der Waals surface area contributed by atoms with Gasteiger partial charge in [0.2, 0.25) is 0 Å². The maximum absolute atomic E-state index is 4.46. The predicted octanol–water partition coefficient (Wildman–Crippen LogP) is 4.36. The van der Waals surface area contributed by atoms with Crippen LogP contribution in [0.1, 0.15) is 29.9 Å². The van der Waals surface area contributed by atoms with Crippen LogP contribution < -0.4 is 5.32 Å². The normalized spacial score (nSPS) is 12.6. The Morgan fingerprint density at radius 2 is 1.76 bits per heavy atom. The molecule has 3 rings (SSSR count). The van der Waals surface area contributed by atoms with E-state index < -0.39 is 0 Å². The summed E-state index contributed by atoms with van der Waals surface area (Å²) in [5.41, 5.74) is 4.64. The first kappa shape index (κ1) is 13.7. The van der Waals surface area contributed by atoms with Crippen LogP contribution in [0.4, 0.5) is 5.69 Å². The van der Waals surface area contributed by atoms with Crippen LogP contribution in [-0.4, -0.2) is 9.78 Å². The molecule has 0 amide bonds. The van der Waals surface area contributed by atoms with Crippen molar-refractivity contribution in [1.82, 2.24) is 9.78 Å². The first-order valence-corrected chi connectivity index (χ1v) is 7.31. The molecule has 1 N–H and O–H groups in total. The third-order valence-corrected chi connectivity index (χ3v) is 4.14. The van der Waals surface area contributed by atoms with Crippen LogP contribution in [0.3, 0.4) is 0 Å². The number of benzene rings is 2. The SMILES string of the molecule is Cc1nn(C)c(C)c1N[C@@H](C)c1ccc2ccccc2c1. The number of aryl methyl sites for hydroxylation is 2. The summed E-state index contributed by atoms with van der Waals surface area (Å²) < 4.78 is 1.92. The molecule has 0 aliphatic rings. The van der Waals surface area contributed by atoms with Crippen LogP contribution in [0.25, 0.3) is 10.8 Å². The Labute approximate surface area is 125 Å². The Morgan fingerprint density at radius 1 is 1.05 bits per heavy atom. The molecule has 3 heteroatoms. The van der Waals surface area contributed by atoms with Gasteiger partial charge in [-0.05, 0) is 43.2 Å². The third kappa shape index (κ3) is 2.51. The lowest BCUT2D eigenvalue weighted by Crippen LogP contribution is -2.08. The zero-order valence-corrected chi connectivity index (χ0v) is 13.0. The second-order valence-electron chi connectivity index (χ2n) is 5.64. The molecule has 0 saturated heterocycles. The summed E-state index contributed by atoms with van der Waals surface area (Å²) in [6, 6.07) is 15.3. The van der Waals surface area contributed by atoms with E-state index in [4.69, 9.17) is 0 Å². The van der Waals surface area contributed by atoms with Crippen molar-refractivity contribution in [3.05, 3.63) is 59.4 Å². The predicted molar refractivity (Wildman–Crippen MR) is 88.7 cm³/mol. The van der Waals surface area contributed by atoms with Gasteiger partial charge in [0.05, 0.1) is 17.1 Å². The average molecular weight is 279 g/mol. The smallest absolute Gasteiger partial charge is 0.0828 e. The van der Waals surface area contributed by atoms with E-state index in [0.717, 1.165) is 11.4 Å². The van der Waals surface area contributed by atoms with Gasteiger partial charge < -0.3 is 5.32 Å². The second-order valence-corrected chi connectivity index (χ2v) is 5.64. The lowest BCUT2D eigenvalue weighted by Gasteiger charge is -2.16. The number of aromatic nitrogens is 2. The van der Waals surface area contributed by atoms with Crippen molar-refractivity contribution < 1.29 is 0 Å². The van der Waals surface area contributed by atoms with Crippen molar-refractivity contribution in [1.29, 1.82) is 0 Å². The lowest BCUT2D eigenvalue weighted by atomic mass is 10.0. The number of hydrogen-bond acceptors (Lipinski definition) is 2. The van der Waals surface area contributed by atoms with Crippen molar-refractivity contribution in [2.45, 2.75) is 26.8 Å². The van der Waals surface area contributed by atoms with E-state index in [1.807, 2.05) is 18.7 Å². The Kier molecular flexibility index (Phi) is 3.42. The fourth-order valence-corrected chi connectivity index (χ4v) is 2.76. The molecule has 1 aromatic heterocycles. The first-order valence-electron chi connectivity index (χ1n) is 7.31. The van der Waals surface area contributed by atoms with E-state index in [-0.39, 0.29) is 6.04 Å². The van der Waals surface area contributed by atoms with Gasteiger partial charge >= 0.3 is 0 Å². The minimum Gasteiger partial charge on any atom is -0.376 e. The van der Waals surface area contributed by atoms with Crippen molar-refractivity contribution in [3.8, 4) is 0 Å². The zero-order valence-electron chi connectivity index (χ0n) is 13.0. The van der Waals surface area contributed by atoms with Gasteiger partial charge in [-0.25, -0.2) is 0 Å². The molecule has 0 radical (unpaired) electrons. The standard InChI is InChI=1S/C18H21N3/c1-12(19-18-13(2)20-21(4)14(18)3)16-10-9-15-7-5-6-8-17(15)11-16/h5-12,19H,1-4H3/t12-/m0/s1. The molecule has 0 saturated carbocycles. The number of nitrogens with one attached hydrogen (secondary N) is 1. The minimum absolute atomic E-state index is 0.246. The van der Waals surface area contributed by atoms with Crippen molar-refractivity contribution >= 4 is 16.5 Å². The molecular formula is C18H21N3. The molecule has 0 fully saturated rings. The molecule has 3 aromatic rings. The van der Waals surface area contributed by atoms with Crippen molar-refractivity contribution in [2.24, 2.45) is 7.05 Å². The average Bonchev–Trinajstić information content (AvgIpc) is 2.73. The number of rotatable bonds is 3. The van der Waals surface area contributed by atoms with Crippen molar-refractivity contribution in [2.75, 3.05) is 5.32 Å². The second kappa shape index (κ2) is 5.24. The highest BCUT2D eigenvalue weighted by Crippen LogP contribution is 2.26. The van der Waals surface area contributed by atoms with Crippen LogP contribution in [0.15, 0.2) is 42.5 Å². The summed E-state index contributed by atoms with van der Waals surface area (Å²) in [5.74, 6) is 0. The summed E-state index contributed by atoms with van der Waals surface area (Å²) in [6.45, 7) is 6.33. The summed E-state index contributed by atoms with van der Waals surface area (Å²) in [6.07, 6.45) is 0. The quantitative estimate of drug-likeness (QED) is 0.772. The van der Waals surface area contributed by atoms with Gasteiger partial charge in [0.25, 0.3) is 0 Å². The van der Waals surface area contributed by atoms with Crippen LogP contribution in [0.5, 0.6) is 0 Å². The Balaban J connectivity index is 1.91. The molecule has 108 valence electrons. The number of anilines is 1. The number of nitrogens with zero attached hydrogens (tertiary/aromatic N) is 2. The Bertz CT molecular complexity index is 786. The summed E-state index contributed by atoms with van der Waals surface area (Å²) in [4.78, 5) is 0. The Morgan fingerprint density at radius 3 is 2.43 bits per heavy atom. The van der Waals surface area contributed by atoms with E-state index in [0.29, 0.717) is 0 Å². The molecule has 1 atom stereocenters. The van der Waals surface area contributed by atoms with E-state index in [1.54, 1.807) is 0 Å². The highest BCUT2D eigenvalue weighted by Gasteiger charge is 2.13. The van der Waals surface area contributed by atoms with Crippen molar-refractivity contribution in [3.63, 3.8) is 0 Å². The molecule has 2 aromatic carbocycles. The zero-order chi connectivity index (χ0) is 15.0. The van der Waals surface area contributed by atoms with Gasteiger partial charge in [-0.1, -0.05) is 36.4 Å². The molecule has 0 aliphatic carbocycles. The van der Waals surface area contributed by atoms with Gasteiger partial charge in [-0.15, -0.1) is 0 Å². The van der Waals surface area contributed by atoms with Gasteiger partial charge in [-0.2, -0.15) is 5.10 Å². The maximum atomic E-state index is 4.46. The van der Waals surface area contributed by atoms with Gasteiger partial charge in [0, 0.05) is 13.1 Å². The van der Waals surface area contributed by atoms with E-state index in [9.17, 15) is 0 Å². The van der Waals surface area contributed by atoms with Crippen LogP contribution in [0.2, 0.25) is 0 Å². The molecule has 3 nitrogen and oxygen atoms in total. The van der Waals surface area contributed by atoms with E-state index in [2.05, 4.69) is 66.7 Å². The molecule has 1 heterocycles. The van der Waals surface area contributed by atoms with Crippen LogP contribution >= 0.6 is 0 Å². The van der Waals surface area contributed by atoms with E-state index in [1.165, 1.54) is 22.0 Å². The summed E-state index contributed by atoms with van der Waals surface area (Å²) >= 11 is 0. The summed E-state index contributed by atoms with van der Waals surface area (Å²) in [7, 11) is 1.98. The largest absolute Gasteiger partial charge is 0.376 e. The fourth-order valence-electron chi connectivity index (χ4n) is 2.76. The van der Waals surface area contributed by atoms with Crippen LogP contribution in [0, 0.1) is 13.8 Å². The maximum Gasteiger partial charge on any atom is 0.0828 e. The van der Waals surface area contributed by atoms with Gasteiger partial charge in [0.1, 0.15) is 0 Å². The first-order chi connectivity index (χ1) is 10.1. The monoisotopic (exact) mass is 279 g/mol. The Hall–Kier alpha value is -2.29. The van der Waals surface area contributed by atoms with Gasteiger partial charge in [-0.3, -0.25) is 4.68 Å². The fraction of sp³-hybridized carbons (Fsp3) is 0.278. The highest BCUT2D eigenvalue weighted by atomic mass is 15.3. The number of hydrogen-bond donors (Lipinski definition) is 1. The molecule has 21 heavy (non-hydrogen) atoms. The lowest BCUT2D eigenvalue weighted by molar-refractivity contribution is 0.731. The topological polar surface area (TPSA) is 29.9 Å². The van der Waals surface area contributed by atoms with Crippen LogP contribution in [-0.2, 0) is 7.05 Å². The molecule has 0 unspecified atom stereocenters. The minimum atomic E-state index is 0.246. The highest BCUT2D eigenvalue weighted by molar-refractivity contribution is 5.83. The molecular weight excluding hydrogens is 258 g/mol. The third-order valence-electron chi connectivity index (χ3n) is 4.14. The molecule has 0 spiro atoms.